The van der Waals surface area contributed by atoms with E-state index in [-0.39, 0.29) is 12.0 Å². The molecule has 0 aromatic heterocycles. The summed E-state index contributed by atoms with van der Waals surface area (Å²) in [6.07, 6.45) is 0.156. The molecule has 0 fully saturated rings. The summed E-state index contributed by atoms with van der Waals surface area (Å²) in [5.74, 6) is -0.371. The Bertz CT molecular complexity index is 505. The van der Waals surface area contributed by atoms with Crippen LogP contribution in [0.3, 0.4) is 0 Å². The van der Waals surface area contributed by atoms with Gasteiger partial charge in [0.25, 0.3) is 0 Å². The van der Waals surface area contributed by atoms with Crippen molar-refractivity contribution in [3.8, 4) is 0 Å². The normalized spacial score (nSPS) is 12.4. The number of ether oxygens (including phenoxy) is 2. The molecule has 1 atom stereocenters. The van der Waals surface area contributed by atoms with Crippen LogP contribution in [0.1, 0.15) is 43.6 Å². The van der Waals surface area contributed by atoms with E-state index in [1.807, 2.05) is 33.8 Å². The minimum atomic E-state index is -0.519. The Labute approximate surface area is 125 Å². The fraction of sp³-hybridized carbons (Fsp3) is 0.500. The number of nitrogens with one attached hydrogen (secondary N) is 1. The Kier molecular flexibility index (Phi) is 5.76. The summed E-state index contributed by atoms with van der Waals surface area (Å²) in [5, 5.41) is 2.77. The zero-order valence-electron chi connectivity index (χ0n) is 13.2. The lowest BCUT2D eigenvalue weighted by Crippen LogP contribution is -2.38. The zero-order valence-corrected chi connectivity index (χ0v) is 13.2. The zero-order chi connectivity index (χ0) is 16.0. The molecule has 1 amide bonds. The van der Waals surface area contributed by atoms with Crippen LogP contribution in [0.5, 0.6) is 0 Å². The Balaban J connectivity index is 2.61. The third kappa shape index (κ3) is 6.29. The lowest BCUT2D eigenvalue weighted by atomic mass is 10.0. The molecule has 0 aliphatic rings. The SMILES string of the molecule is COC(=O)c1cccc(C[C@@H](C)NC(=O)OC(C)(C)C)c1. The van der Waals surface area contributed by atoms with E-state index in [2.05, 4.69) is 10.1 Å². The molecule has 0 aliphatic carbocycles. The van der Waals surface area contributed by atoms with Gasteiger partial charge in [-0.25, -0.2) is 9.59 Å². The maximum absolute atomic E-state index is 11.7. The second kappa shape index (κ2) is 7.11. The third-order valence-corrected chi connectivity index (χ3v) is 2.65. The highest BCUT2D eigenvalue weighted by Gasteiger charge is 2.18. The Morgan fingerprint density at radius 3 is 2.52 bits per heavy atom. The molecule has 1 N–H and O–H groups in total. The molecule has 0 unspecified atom stereocenters. The monoisotopic (exact) mass is 293 g/mol. The Morgan fingerprint density at radius 1 is 1.29 bits per heavy atom. The molecule has 0 radical (unpaired) electrons. The molecule has 0 saturated carbocycles. The summed E-state index contributed by atoms with van der Waals surface area (Å²) in [5.41, 5.74) is 0.926. The van der Waals surface area contributed by atoms with Crippen LogP contribution in [0.2, 0.25) is 0 Å². The van der Waals surface area contributed by atoms with Gasteiger partial charge < -0.3 is 14.8 Å². The second-order valence-corrected chi connectivity index (χ2v) is 5.94. The van der Waals surface area contributed by atoms with Crippen molar-refractivity contribution in [3.63, 3.8) is 0 Å². The van der Waals surface area contributed by atoms with Crippen molar-refractivity contribution in [1.29, 1.82) is 0 Å². The van der Waals surface area contributed by atoms with Crippen molar-refractivity contribution in [2.24, 2.45) is 0 Å². The fourth-order valence-electron chi connectivity index (χ4n) is 1.86. The van der Waals surface area contributed by atoms with Crippen LogP contribution in [0, 0.1) is 0 Å². The minimum Gasteiger partial charge on any atom is -0.465 e. The van der Waals surface area contributed by atoms with Crippen LogP contribution in [0.4, 0.5) is 4.79 Å². The molecule has 1 rings (SSSR count). The molecule has 0 saturated heterocycles. The standard InChI is InChI=1S/C16H23NO4/c1-11(17-15(19)21-16(2,3)4)9-12-7-6-8-13(10-12)14(18)20-5/h6-8,10-11H,9H2,1-5H3,(H,17,19)/t11-/m1/s1. The van der Waals surface area contributed by atoms with Gasteiger partial charge in [0.1, 0.15) is 5.60 Å². The number of esters is 1. The number of hydrogen-bond acceptors (Lipinski definition) is 4. The molecule has 1 aromatic carbocycles. The number of alkyl carbamates (subject to hydrolysis) is 1. The smallest absolute Gasteiger partial charge is 0.407 e. The van der Waals surface area contributed by atoms with E-state index >= 15 is 0 Å². The molecule has 21 heavy (non-hydrogen) atoms. The first kappa shape index (κ1) is 17.0. The molecule has 5 nitrogen and oxygen atoms in total. The maximum atomic E-state index is 11.7. The highest BCUT2D eigenvalue weighted by atomic mass is 16.6. The highest BCUT2D eigenvalue weighted by Crippen LogP contribution is 2.10. The van der Waals surface area contributed by atoms with Crippen LogP contribution in [-0.2, 0) is 15.9 Å². The number of hydrogen-bond donors (Lipinski definition) is 1. The molecule has 5 heteroatoms. The van der Waals surface area contributed by atoms with Crippen molar-refractivity contribution >= 4 is 12.1 Å². The Morgan fingerprint density at radius 2 is 1.95 bits per heavy atom. The summed E-state index contributed by atoms with van der Waals surface area (Å²) in [7, 11) is 1.35. The lowest BCUT2D eigenvalue weighted by Gasteiger charge is -2.22. The second-order valence-electron chi connectivity index (χ2n) is 5.94. The molecule has 1 aromatic rings. The first-order chi connectivity index (χ1) is 9.71. The summed E-state index contributed by atoms with van der Waals surface area (Å²) in [4.78, 5) is 23.1. The van der Waals surface area contributed by atoms with Gasteiger partial charge in [-0.1, -0.05) is 12.1 Å². The summed E-state index contributed by atoms with van der Waals surface area (Å²) in [6, 6.07) is 7.05. The molecule has 116 valence electrons. The van der Waals surface area contributed by atoms with E-state index in [0.717, 1.165) is 5.56 Å². The number of carbonyl (C=O) groups excluding carboxylic acids is 2. The molecule has 0 aliphatic heterocycles. The largest absolute Gasteiger partial charge is 0.465 e. The van der Waals surface area contributed by atoms with Crippen LogP contribution in [0.25, 0.3) is 0 Å². The highest BCUT2D eigenvalue weighted by molar-refractivity contribution is 5.89. The van der Waals surface area contributed by atoms with Crippen molar-refractivity contribution < 1.29 is 19.1 Å². The number of amides is 1. The van der Waals surface area contributed by atoms with Crippen LogP contribution in [-0.4, -0.2) is 30.8 Å². The molecular formula is C16H23NO4. The van der Waals surface area contributed by atoms with Gasteiger partial charge >= 0.3 is 12.1 Å². The first-order valence-corrected chi connectivity index (χ1v) is 6.88. The van der Waals surface area contributed by atoms with E-state index in [0.29, 0.717) is 12.0 Å². The van der Waals surface area contributed by atoms with Gasteiger partial charge in [-0.2, -0.15) is 0 Å². The van der Waals surface area contributed by atoms with E-state index in [4.69, 9.17) is 4.74 Å². The predicted octanol–water partition coefficient (Wildman–Crippen LogP) is 2.93. The molecule has 0 heterocycles. The van der Waals surface area contributed by atoms with Gasteiger partial charge in [0.15, 0.2) is 0 Å². The minimum absolute atomic E-state index is 0.104. The van der Waals surface area contributed by atoms with E-state index < -0.39 is 11.7 Å². The van der Waals surface area contributed by atoms with Crippen molar-refractivity contribution in [3.05, 3.63) is 35.4 Å². The van der Waals surface area contributed by atoms with Crippen molar-refractivity contribution in [1.82, 2.24) is 5.32 Å². The predicted molar refractivity (Wildman–Crippen MR) is 80.3 cm³/mol. The van der Waals surface area contributed by atoms with Crippen molar-refractivity contribution in [2.75, 3.05) is 7.11 Å². The molecule has 0 spiro atoms. The number of methoxy groups -OCH3 is 1. The fourth-order valence-corrected chi connectivity index (χ4v) is 1.86. The summed E-state index contributed by atoms with van der Waals surface area (Å²) < 4.78 is 9.89. The van der Waals surface area contributed by atoms with Gasteiger partial charge in [0.2, 0.25) is 0 Å². The van der Waals surface area contributed by atoms with Gasteiger partial charge in [-0.15, -0.1) is 0 Å². The number of carbonyl (C=O) groups is 2. The van der Waals surface area contributed by atoms with E-state index in [1.54, 1.807) is 18.2 Å². The topological polar surface area (TPSA) is 64.6 Å². The van der Waals surface area contributed by atoms with E-state index in [9.17, 15) is 9.59 Å². The average molecular weight is 293 g/mol. The van der Waals surface area contributed by atoms with E-state index in [1.165, 1.54) is 7.11 Å². The Hall–Kier alpha value is -2.04. The number of rotatable bonds is 4. The van der Waals surface area contributed by atoms with Gasteiger partial charge in [0.05, 0.1) is 12.7 Å². The van der Waals surface area contributed by atoms with Crippen molar-refractivity contribution in [2.45, 2.75) is 45.8 Å². The first-order valence-electron chi connectivity index (χ1n) is 6.88. The lowest BCUT2D eigenvalue weighted by molar-refractivity contribution is 0.0507. The quantitative estimate of drug-likeness (QED) is 0.867. The van der Waals surface area contributed by atoms with Crippen LogP contribution < -0.4 is 5.32 Å². The molecule has 0 bridgehead atoms. The maximum Gasteiger partial charge on any atom is 0.407 e. The van der Waals surface area contributed by atoms with Gasteiger partial charge in [-0.05, 0) is 51.8 Å². The summed E-state index contributed by atoms with van der Waals surface area (Å²) >= 11 is 0. The summed E-state index contributed by atoms with van der Waals surface area (Å²) in [6.45, 7) is 7.33. The average Bonchev–Trinajstić information content (AvgIpc) is 2.35. The van der Waals surface area contributed by atoms with Gasteiger partial charge in [-0.3, -0.25) is 0 Å². The van der Waals surface area contributed by atoms with Gasteiger partial charge in [0, 0.05) is 6.04 Å². The molecular weight excluding hydrogens is 270 g/mol. The third-order valence-electron chi connectivity index (χ3n) is 2.65. The van der Waals surface area contributed by atoms with Crippen LogP contribution >= 0.6 is 0 Å². The number of benzene rings is 1. The van der Waals surface area contributed by atoms with Crippen LogP contribution in [0.15, 0.2) is 24.3 Å².